The molecular formula is C15H19N3O2. The van der Waals surface area contributed by atoms with Gasteiger partial charge >= 0.3 is 5.97 Å². The molecule has 5 nitrogen and oxygen atoms in total. The molecule has 0 aliphatic rings. The summed E-state index contributed by atoms with van der Waals surface area (Å²) in [6, 6.07) is 7.53. The minimum absolute atomic E-state index is 0.181. The van der Waals surface area contributed by atoms with Crippen LogP contribution in [0.2, 0.25) is 0 Å². The first-order chi connectivity index (χ1) is 9.65. The maximum atomic E-state index is 11.6. The number of anilines is 1. The zero-order chi connectivity index (χ0) is 14.4. The first-order valence-electron chi connectivity index (χ1n) is 6.63. The van der Waals surface area contributed by atoms with Gasteiger partial charge in [-0.05, 0) is 31.0 Å². The molecule has 0 atom stereocenters. The van der Waals surface area contributed by atoms with Gasteiger partial charge in [-0.2, -0.15) is 0 Å². The van der Waals surface area contributed by atoms with Crippen LogP contribution in [-0.2, 0) is 22.5 Å². The SMILES string of the molecule is Cc1nccn1CCOC(=O)CCc1ccc(N)cc1. The van der Waals surface area contributed by atoms with Gasteiger partial charge in [-0.3, -0.25) is 4.79 Å². The number of aromatic nitrogens is 2. The highest BCUT2D eigenvalue weighted by Gasteiger charge is 2.04. The number of rotatable bonds is 6. The highest BCUT2D eigenvalue weighted by Crippen LogP contribution is 2.08. The van der Waals surface area contributed by atoms with Crippen molar-refractivity contribution < 1.29 is 9.53 Å². The van der Waals surface area contributed by atoms with Gasteiger partial charge in [0.25, 0.3) is 0 Å². The quantitative estimate of drug-likeness (QED) is 0.645. The Hall–Kier alpha value is -2.30. The average Bonchev–Trinajstić information content (AvgIpc) is 2.84. The molecule has 0 bridgehead atoms. The van der Waals surface area contributed by atoms with Crippen molar-refractivity contribution in [3.63, 3.8) is 0 Å². The van der Waals surface area contributed by atoms with Crippen molar-refractivity contribution in [2.45, 2.75) is 26.3 Å². The van der Waals surface area contributed by atoms with E-state index in [-0.39, 0.29) is 5.97 Å². The number of imidazole rings is 1. The van der Waals surface area contributed by atoms with Gasteiger partial charge in [0.2, 0.25) is 0 Å². The summed E-state index contributed by atoms with van der Waals surface area (Å²) in [7, 11) is 0. The number of ether oxygens (including phenoxy) is 1. The van der Waals surface area contributed by atoms with E-state index in [0.717, 1.165) is 17.1 Å². The second kappa shape index (κ2) is 6.75. The lowest BCUT2D eigenvalue weighted by molar-refractivity contribution is -0.143. The Labute approximate surface area is 118 Å². The fourth-order valence-electron chi connectivity index (χ4n) is 1.90. The minimum Gasteiger partial charge on any atom is -0.464 e. The van der Waals surface area contributed by atoms with Gasteiger partial charge < -0.3 is 15.0 Å². The zero-order valence-corrected chi connectivity index (χ0v) is 11.6. The number of nitrogen functional groups attached to an aromatic ring is 1. The van der Waals surface area contributed by atoms with Crippen LogP contribution in [0.1, 0.15) is 17.8 Å². The van der Waals surface area contributed by atoms with Crippen molar-refractivity contribution in [2.24, 2.45) is 0 Å². The van der Waals surface area contributed by atoms with Crippen LogP contribution in [0.25, 0.3) is 0 Å². The molecule has 1 heterocycles. The molecule has 2 rings (SSSR count). The van der Waals surface area contributed by atoms with E-state index in [1.165, 1.54) is 0 Å². The number of nitrogens with two attached hydrogens (primary N) is 1. The summed E-state index contributed by atoms with van der Waals surface area (Å²) >= 11 is 0. The molecule has 0 amide bonds. The third-order valence-electron chi connectivity index (χ3n) is 3.12. The van der Waals surface area contributed by atoms with Gasteiger partial charge in [-0.15, -0.1) is 0 Å². The van der Waals surface area contributed by atoms with Crippen molar-refractivity contribution >= 4 is 11.7 Å². The van der Waals surface area contributed by atoms with Crippen LogP contribution in [-0.4, -0.2) is 22.1 Å². The van der Waals surface area contributed by atoms with E-state index in [9.17, 15) is 4.79 Å². The second-order valence-corrected chi connectivity index (χ2v) is 4.63. The third-order valence-corrected chi connectivity index (χ3v) is 3.12. The van der Waals surface area contributed by atoms with Gasteiger partial charge in [0, 0.05) is 24.5 Å². The van der Waals surface area contributed by atoms with Crippen LogP contribution >= 0.6 is 0 Å². The zero-order valence-electron chi connectivity index (χ0n) is 11.6. The lowest BCUT2D eigenvalue weighted by atomic mass is 10.1. The lowest BCUT2D eigenvalue weighted by Gasteiger charge is -2.07. The fourth-order valence-corrected chi connectivity index (χ4v) is 1.90. The van der Waals surface area contributed by atoms with Crippen molar-refractivity contribution in [3.8, 4) is 0 Å². The molecule has 0 saturated heterocycles. The van der Waals surface area contributed by atoms with Gasteiger partial charge in [-0.1, -0.05) is 12.1 Å². The first kappa shape index (κ1) is 14.1. The smallest absolute Gasteiger partial charge is 0.306 e. The molecule has 0 aliphatic carbocycles. The molecule has 106 valence electrons. The van der Waals surface area contributed by atoms with Crippen LogP contribution in [0.5, 0.6) is 0 Å². The Balaban J connectivity index is 1.68. The molecule has 1 aromatic heterocycles. The third kappa shape index (κ3) is 4.12. The molecular weight excluding hydrogens is 254 g/mol. The molecule has 0 radical (unpaired) electrons. The second-order valence-electron chi connectivity index (χ2n) is 4.63. The molecule has 2 aromatic rings. The summed E-state index contributed by atoms with van der Waals surface area (Å²) in [6.07, 6.45) is 4.66. The van der Waals surface area contributed by atoms with Crippen molar-refractivity contribution in [2.75, 3.05) is 12.3 Å². The normalized spacial score (nSPS) is 10.4. The van der Waals surface area contributed by atoms with Crippen LogP contribution in [0, 0.1) is 6.92 Å². The number of hydrogen-bond acceptors (Lipinski definition) is 4. The fraction of sp³-hybridized carbons (Fsp3) is 0.333. The molecule has 0 unspecified atom stereocenters. The van der Waals surface area contributed by atoms with E-state index in [4.69, 9.17) is 10.5 Å². The van der Waals surface area contributed by atoms with Crippen LogP contribution in [0.3, 0.4) is 0 Å². The van der Waals surface area contributed by atoms with Crippen LogP contribution in [0.15, 0.2) is 36.7 Å². The van der Waals surface area contributed by atoms with Gasteiger partial charge in [0.1, 0.15) is 12.4 Å². The van der Waals surface area contributed by atoms with E-state index < -0.39 is 0 Å². The summed E-state index contributed by atoms with van der Waals surface area (Å²) in [5.74, 6) is 0.738. The predicted molar refractivity (Wildman–Crippen MR) is 77.1 cm³/mol. The van der Waals surface area contributed by atoms with Crippen LogP contribution in [0.4, 0.5) is 5.69 Å². The average molecular weight is 273 g/mol. The van der Waals surface area contributed by atoms with E-state index in [1.807, 2.05) is 42.0 Å². The number of hydrogen-bond donors (Lipinski definition) is 1. The summed E-state index contributed by atoms with van der Waals surface area (Å²) < 4.78 is 7.16. The first-order valence-corrected chi connectivity index (χ1v) is 6.63. The molecule has 0 aliphatic heterocycles. The maximum absolute atomic E-state index is 11.6. The lowest BCUT2D eigenvalue weighted by Crippen LogP contribution is -2.12. The molecule has 0 saturated carbocycles. The summed E-state index contributed by atoms with van der Waals surface area (Å²) in [5.41, 5.74) is 7.42. The molecule has 1 aromatic carbocycles. The highest BCUT2D eigenvalue weighted by atomic mass is 16.5. The summed E-state index contributed by atoms with van der Waals surface area (Å²) in [5, 5.41) is 0. The van der Waals surface area contributed by atoms with Crippen molar-refractivity contribution in [1.29, 1.82) is 0 Å². The Morgan fingerprint density at radius 2 is 2.10 bits per heavy atom. The Morgan fingerprint density at radius 3 is 2.75 bits per heavy atom. The molecule has 0 spiro atoms. The van der Waals surface area contributed by atoms with E-state index in [0.29, 0.717) is 26.0 Å². The van der Waals surface area contributed by atoms with Crippen molar-refractivity contribution in [3.05, 3.63) is 48.0 Å². The monoisotopic (exact) mass is 273 g/mol. The van der Waals surface area contributed by atoms with Gasteiger partial charge in [0.15, 0.2) is 0 Å². The topological polar surface area (TPSA) is 70.1 Å². The molecule has 2 N–H and O–H groups in total. The Bertz CT molecular complexity index is 561. The number of esters is 1. The number of carbonyl (C=O) groups excluding carboxylic acids is 1. The van der Waals surface area contributed by atoms with E-state index in [2.05, 4.69) is 4.98 Å². The molecule has 5 heteroatoms. The standard InChI is InChI=1S/C15H19N3O2/c1-12-17-8-9-18(12)10-11-20-15(19)7-4-13-2-5-14(16)6-3-13/h2-3,5-6,8-9H,4,7,10-11,16H2,1H3. The van der Waals surface area contributed by atoms with Gasteiger partial charge in [0.05, 0.1) is 6.54 Å². The van der Waals surface area contributed by atoms with E-state index in [1.54, 1.807) is 6.20 Å². The minimum atomic E-state index is -0.181. The largest absolute Gasteiger partial charge is 0.464 e. The Morgan fingerprint density at radius 1 is 1.35 bits per heavy atom. The van der Waals surface area contributed by atoms with Gasteiger partial charge in [-0.25, -0.2) is 4.98 Å². The molecule has 0 fully saturated rings. The number of benzene rings is 1. The summed E-state index contributed by atoms with van der Waals surface area (Å²) in [4.78, 5) is 15.7. The molecule has 20 heavy (non-hydrogen) atoms. The predicted octanol–water partition coefficient (Wildman–Crippen LogP) is 1.95. The van der Waals surface area contributed by atoms with E-state index >= 15 is 0 Å². The number of carbonyl (C=O) groups is 1. The van der Waals surface area contributed by atoms with Crippen LogP contribution < -0.4 is 5.73 Å². The Kier molecular flexibility index (Phi) is 4.76. The number of nitrogens with zero attached hydrogens (tertiary/aromatic N) is 2. The highest BCUT2D eigenvalue weighted by molar-refractivity contribution is 5.69. The maximum Gasteiger partial charge on any atom is 0.306 e. The van der Waals surface area contributed by atoms with Crippen molar-refractivity contribution in [1.82, 2.24) is 9.55 Å². The summed E-state index contributed by atoms with van der Waals surface area (Å²) in [6.45, 7) is 2.93. The number of aryl methyl sites for hydroxylation is 2.